The van der Waals surface area contributed by atoms with Gasteiger partial charge < -0.3 is 87.2 Å². The molecule has 0 bridgehead atoms. The number of nitrogens with zero attached hydrogens (tertiary/aromatic N) is 6. The minimum Gasteiger partial charge on any atom is -0.497 e. The zero-order chi connectivity index (χ0) is 96.7. The summed E-state index contributed by atoms with van der Waals surface area (Å²) in [6.07, 6.45) is -22.8. The number of carboxylic acid groups (broad SMARTS) is 3. The highest BCUT2D eigenvalue weighted by molar-refractivity contribution is 6.29. The molecule has 0 aliphatic rings. The summed E-state index contributed by atoms with van der Waals surface area (Å²) in [5.74, 6) is -2.88. The number of aliphatic hydroxyl groups is 1. The summed E-state index contributed by atoms with van der Waals surface area (Å²) in [5, 5.41) is 42.0. The smallest absolute Gasteiger partial charge is 0.429 e. The molecule has 14 N–H and O–H groups in total. The van der Waals surface area contributed by atoms with Crippen LogP contribution in [0.1, 0.15) is 93.2 Å². The summed E-state index contributed by atoms with van der Waals surface area (Å²) in [7, 11) is 4.60. The average Bonchev–Trinajstić information content (AvgIpc) is 0.806. The van der Waals surface area contributed by atoms with Gasteiger partial charge >= 0.3 is 48.6 Å². The lowest BCUT2D eigenvalue weighted by molar-refractivity contribution is -0.206. The van der Waals surface area contributed by atoms with Crippen molar-refractivity contribution in [2.24, 2.45) is 5.73 Å². The highest BCUT2D eigenvalue weighted by Crippen LogP contribution is 2.42. The Balaban J connectivity index is 0.000000207. The third kappa shape index (κ3) is 30.7. The largest absolute Gasteiger partial charge is 0.497 e. The topological polar surface area (TPSA) is 436 Å². The van der Waals surface area contributed by atoms with Crippen LogP contribution >= 0.6 is 11.6 Å². The number of benzene rings is 9. The van der Waals surface area contributed by atoms with Crippen LogP contribution in [0.5, 0.6) is 29.0 Å². The number of hydrogen-bond acceptors (Lipinski definition) is 23. The van der Waals surface area contributed by atoms with E-state index in [4.69, 9.17) is 77.9 Å². The van der Waals surface area contributed by atoms with Crippen LogP contribution in [-0.4, -0.2) is 150 Å². The molecule has 12 rings (SSSR count). The first-order valence-electron chi connectivity index (χ1n) is 39.8. The third-order valence-corrected chi connectivity index (χ3v) is 19.0. The van der Waals surface area contributed by atoms with Crippen LogP contribution in [0.4, 0.5) is 66.9 Å². The number of amides is 2. The highest BCUT2D eigenvalue weighted by Gasteiger charge is 2.45. The molecule has 0 saturated heterocycles. The van der Waals surface area contributed by atoms with Crippen molar-refractivity contribution in [1.29, 1.82) is 0 Å². The Morgan fingerprint density at radius 3 is 0.947 bits per heavy atom. The number of ether oxygens (including phenoxy) is 7. The van der Waals surface area contributed by atoms with Crippen molar-refractivity contribution < 1.29 is 117 Å². The number of carbonyl (C=O) groups excluding carboxylic acids is 2. The number of methoxy groups -OCH3 is 3. The lowest BCUT2D eigenvalue weighted by atomic mass is 10.0. The summed E-state index contributed by atoms with van der Waals surface area (Å²) in [4.78, 5) is 81.9. The molecule has 0 spiro atoms. The Hall–Kier alpha value is -14.9. The van der Waals surface area contributed by atoms with Crippen LogP contribution in [0.15, 0.2) is 237 Å². The molecule has 9 aromatic carbocycles. The van der Waals surface area contributed by atoms with Crippen molar-refractivity contribution in [2.75, 3.05) is 38.5 Å². The zero-order valence-corrected chi connectivity index (χ0v) is 72.8. The molecule has 6 atom stereocenters. The molecule has 694 valence electrons. The molecular formula is C94H92ClF9N12O16. The van der Waals surface area contributed by atoms with Crippen molar-refractivity contribution in [2.45, 2.75) is 127 Å². The van der Waals surface area contributed by atoms with E-state index in [0.717, 1.165) is 33.4 Å². The second-order valence-electron chi connectivity index (χ2n) is 31.1. The second-order valence-corrected chi connectivity index (χ2v) is 31.5. The van der Waals surface area contributed by atoms with Gasteiger partial charge in [-0.05, 0) is 140 Å². The fourth-order valence-electron chi connectivity index (χ4n) is 12.5. The Kier molecular flexibility index (Phi) is 34.0. The summed E-state index contributed by atoms with van der Waals surface area (Å²) < 4.78 is 159. The van der Waals surface area contributed by atoms with Gasteiger partial charge in [-0.15, -0.1) is 0 Å². The fourth-order valence-corrected chi connectivity index (χ4v) is 12.7. The number of hydrogen-bond donors (Lipinski definition) is 10. The first-order valence-corrected chi connectivity index (χ1v) is 40.2. The van der Waals surface area contributed by atoms with Gasteiger partial charge in [-0.25, -0.2) is 39.1 Å². The van der Waals surface area contributed by atoms with Crippen molar-refractivity contribution >= 4 is 59.5 Å². The molecule has 0 fully saturated rings. The van der Waals surface area contributed by atoms with Crippen LogP contribution in [0.3, 0.4) is 0 Å². The van der Waals surface area contributed by atoms with Crippen LogP contribution in [0.2, 0.25) is 5.15 Å². The van der Waals surface area contributed by atoms with Gasteiger partial charge in [0.05, 0.1) is 38.4 Å². The summed E-state index contributed by atoms with van der Waals surface area (Å²) >= 11 is 5.88. The molecule has 3 heterocycles. The first-order chi connectivity index (χ1) is 62.1. The van der Waals surface area contributed by atoms with Crippen molar-refractivity contribution in [1.82, 2.24) is 40.5 Å². The minimum absolute atomic E-state index is 0.0565. The molecule has 12 aromatic rings. The van der Waals surface area contributed by atoms with E-state index in [1.807, 2.05) is 18.2 Å². The maximum absolute atomic E-state index is 14.2. The molecule has 3 aromatic heterocycles. The number of halogens is 10. The number of alkyl halides is 9. The predicted molar refractivity (Wildman–Crippen MR) is 474 cm³/mol. The van der Waals surface area contributed by atoms with E-state index in [9.17, 15) is 73.7 Å². The number of carboxylic acids is 3. The maximum Gasteiger partial charge on any atom is 0.429 e. The van der Waals surface area contributed by atoms with E-state index in [1.165, 1.54) is 62.8 Å². The number of anilines is 3. The molecule has 2 amide bonds. The predicted octanol–water partition coefficient (Wildman–Crippen LogP) is 18.5. The molecule has 0 saturated carbocycles. The standard InChI is InChI=1S/C33H33F3N4O6.C28H25F3N4O4.C18H21ClN4O4.C15H13F3O2/c1-32(2,3)46-31(43)39-26(29(41)42)16-19-8-10-21(11-9-19)25-18-27(40-30(37)38-25)45-28(33(34,35)36)22-14-12-20(13-15-22)23-6-5-7-24(17-23)44-4;1-38-21-4-2-3-20(14-21)17-9-11-19(12-10-17)25(28(29,30)31)39-24-15-23(34-27(33)35-24)18-7-5-16(6-8-18)13-22(32)26(36)37;1-18(2,3)27-17(26)22-13(15(24)25)8-10-4-6-11(7-5-10)12-9-14(19)23-16(20)21-12;1-20-13-4-2-3-12(9-13)10-5-7-11(8-6-10)14(19)15(16,17)18/h5-15,17-18,26,28H,16H2,1-4H3,(H,39,43)(H,41,42)(H2,37,38,40);2-12,14-15,22,25H,13,32H2,1H3,(H,36,37)(H2,33,34,35);4-7,9,13H,8H2,1-3H3,(H,22,26)(H,24,25)(H2,20,21,23);2-9,14,19H,1H3/t26-,28+;22-,25+;13-;14-/m0001/s1. The Morgan fingerprint density at radius 2 is 0.667 bits per heavy atom. The zero-order valence-electron chi connectivity index (χ0n) is 72.1. The summed E-state index contributed by atoms with van der Waals surface area (Å²) in [6.45, 7) is 10.1. The monoisotopic (exact) mass is 1850 g/mol. The van der Waals surface area contributed by atoms with Gasteiger partial charge in [-0.2, -0.15) is 49.5 Å². The lowest BCUT2D eigenvalue weighted by Crippen LogP contribution is -2.44. The third-order valence-electron chi connectivity index (χ3n) is 18.8. The van der Waals surface area contributed by atoms with Crippen molar-refractivity contribution in [3.05, 3.63) is 275 Å². The molecule has 0 aliphatic carbocycles. The van der Waals surface area contributed by atoms with Crippen molar-refractivity contribution in [3.63, 3.8) is 0 Å². The summed E-state index contributed by atoms with van der Waals surface area (Å²) in [6, 6.07) is 59.4. The molecular weight excluding hydrogens is 1760 g/mol. The number of nitrogens with one attached hydrogen (secondary N) is 2. The van der Waals surface area contributed by atoms with Gasteiger partial charge in [0.25, 0.3) is 0 Å². The van der Waals surface area contributed by atoms with E-state index in [1.54, 1.807) is 219 Å². The van der Waals surface area contributed by atoms with Gasteiger partial charge in [0.2, 0.25) is 41.8 Å². The number of nitrogen functional groups attached to an aromatic ring is 3. The quantitative estimate of drug-likeness (QED) is 0.0169. The van der Waals surface area contributed by atoms with Gasteiger partial charge in [-0.3, -0.25) is 4.79 Å². The van der Waals surface area contributed by atoms with Crippen LogP contribution in [-0.2, 0) is 43.1 Å². The summed E-state index contributed by atoms with van der Waals surface area (Å²) in [5.41, 5.74) is 30.0. The van der Waals surface area contributed by atoms with E-state index in [-0.39, 0.29) is 76.2 Å². The van der Waals surface area contributed by atoms with Gasteiger partial charge in [0, 0.05) is 58.9 Å². The van der Waals surface area contributed by atoms with Gasteiger partial charge in [0.15, 0.2) is 6.10 Å². The maximum atomic E-state index is 14.2. The fraction of sp³-hybridized carbons (Fsp3) is 0.245. The minimum atomic E-state index is -4.78. The normalized spacial score (nSPS) is 12.8. The van der Waals surface area contributed by atoms with Crippen molar-refractivity contribution in [3.8, 4) is 96.2 Å². The highest BCUT2D eigenvalue weighted by atomic mass is 35.5. The Morgan fingerprint density at radius 1 is 0.371 bits per heavy atom. The molecule has 38 heteroatoms. The number of nitrogens with two attached hydrogens (primary N) is 4. The van der Waals surface area contributed by atoms with Gasteiger partial charge in [-0.1, -0.05) is 194 Å². The number of aromatic nitrogens is 6. The molecule has 0 unspecified atom stereocenters. The van der Waals surface area contributed by atoms with Crippen LogP contribution < -0.4 is 57.3 Å². The van der Waals surface area contributed by atoms with E-state index >= 15 is 0 Å². The lowest BCUT2D eigenvalue weighted by Gasteiger charge is -2.22. The first kappa shape index (κ1) is 101. The van der Waals surface area contributed by atoms with Crippen LogP contribution in [0.25, 0.3) is 67.2 Å². The number of carbonyl (C=O) groups is 5. The molecule has 0 aliphatic heterocycles. The Bertz CT molecular complexity index is 5900. The number of rotatable bonds is 27. The number of alkyl carbamates (subject to hydrolysis) is 2. The van der Waals surface area contributed by atoms with E-state index in [0.29, 0.717) is 56.3 Å². The molecule has 28 nitrogen and oxygen atoms in total. The second kappa shape index (κ2) is 44.4. The number of aliphatic hydroxyl groups excluding tert-OH is 1. The molecule has 132 heavy (non-hydrogen) atoms. The van der Waals surface area contributed by atoms with E-state index < -0.39 is 102 Å². The van der Waals surface area contributed by atoms with E-state index in [2.05, 4.69) is 40.5 Å². The SMILES string of the molecule is CC(C)(C)OC(=O)N[C@@H](Cc1ccc(-c2cc(Cl)nc(N)n2)cc1)C(=O)O.COc1cccc(-c2ccc([C@@H](O)C(F)(F)F)cc2)c1.COc1cccc(-c2ccc([C@@H](Oc3cc(-c4ccc(C[C@H](N)C(=O)O)cc4)nc(N)n3)C(F)(F)F)cc2)c1.COc1cccc(-c2ccc([C@@H](Oc3cc(-c4ccc(C[C@H](NC(=O)OC(C)(C)C)C(=O)O)cc4)nc(N)n3)C(F)(F)F)cc2)c1. The average molecular weight is 1850 g/mol. The van der Waals surface area contributed by atoms with Crippen LogP contribution in [0, 0.1) is 0 Å². The molecule has 0 radical (unpaired) electrons. The Labute approximate surface area is 756 Å². The van der Waals surface area contributed by atoms with Gasteiger partial charge in [0.1, 0.15) is 51.7 Å². The number of aliphatic carboxylic acids is 3.